The van der Waals surface area contributed by atoms with Crippen molar-refractivity contribution in [3.8, 4) is 22.8 Å². The quantitative estimate of drug-likeness (QED) is 0.772. The second-order valence-corrected chi connectivity index (χ2v) is 5.83. The molecule has 116 valence electrons. The zero-order chi connectivity index (χ0) is 15.8. The number of aromatic amines is 1. The van der Waals surface area contributed by atoms with Gasteiger partial charge in [-0.15, -0.1) is 0 Å². The monoisotopic (exact) mass is 328 g/mol. The molecule has 0 unspecified atom stereocenters. The Morgan fingerprint density at radius 2 is 2.13 bits per heavy atom. The van der Waals surface area contributed by atoms with Crippen LogP contribution in [0.15, 0.2) is 30.3 Å². The number of aryl methyl sites for hydroxylation is 1. The molecule has 0 spiro atoms. The Bertz CT molecular complexity index is 886. The molecule has 8 heteroatoms. The molecule has 2 N–H and O–H groups in total. The summed E-state index contributed by atoms with van der Waals surface area (Å²) in [4.78, 5) is 12.2. The van der Waals surface area contributed by atoms with E-state index in [-0.39, 0.29) is 12.7 Å². The lowest BCUT2D eigenvalue weighted by Gasteiger charge is -1.99. The van der Waals surface area contributed by atoms with Gasteiger partial charge in [-0.05, 0) is 48.8 Å². The van der Waals surface area contributed by atoms with Crippen LogP contribution in [0.2, 0.25) is 0 Å². The lowest BCUT2D eigenvalue weighted by atomic mass is 10.1. The van der Waals surface area contributed by atoms with Crippen LogP contribution in [0.4, 0.5) is 5.00 Å². The molecular formula is C15H12N4O3S. The number of aromatic nitrogens is 3. The summed E-state index contributed by atoms with van der Waals surface area (Å²) >= 11 is 1.24. The standard InChI is InChI=1S/C15H12N4O3S/c1-8-4-14(23-19-8)16-15(20)11-6-10(17-18-11)9-2-3-12-13(5-9)22-7-21-12/h2-6H,7H2,1H3,(H,16,20)(H,17,18). The summed E-state index contributed by atoms with van der Waals surface area (Å²) in [5.41, 5.74) is 2.76. The molecule has 1 aliphatic rings. The summed E-state index contributed by atoms with van der Waals surface area (Å²) in [6.45, 7) is 2.10. The first-order valence-corrected chi connectivity index (χ1v) is 7.66. The maximum atomic E-state index is 12.2. The van der Waals surface area contributed by atoms with Crippen molar-refractivity contribution < 1.29 is 14.3 Å². The molecule has 0 bridgehead atoms. The number of carbonyl (C=O) groups is 1. The van der Waals surface area contributed by atoms with E-state index < -0.39 is 0 Å². The van der Waals surface area contributed by atoms with Crippen molar-refractivity contribution in [1.82, 2.24) is 14.6 Å². The minimum absolute atomic E-state index is 0.223. The molecule has 4 rings (SSSR count). The number of anilines is 1. The Hall–Kier alpha value is -2.87. The van der Waals surface area contributed by atoms with Crippen LogP contribution in [-0.4, -0.2) is 27.3 Å². The topological polar surface area (TPSA) is 89.1 Å². The van der Waals surface area contributed by atoms with Crippen molar-refractivity contribution in [2.45, 2.75) is 6.92 Å². The van der Waals surface area contributed by atoms with Gasteiger partial charge < -0.3 is 14.8 Å². The van der Waals surface area contributed by atoms with E-state index in [0.29, 0.717) is 27.9 Å². The Balaban J connectivity index is 1.55. The van der Waals surface area contributed by atoms with Gasteiger partial charge in [-0.3, -0.25) is 9.89 Å². The van der Waals surface area contributed by atoms with Crippen molar-refractivity contribution >= 4 is 22.4 Å². The average Bonchev–Trinajstić information content (AvgIpc) is 3.26. The number of benzene rings is 1. The molecule has 0 radical (unpaired) electrons. The van der Waals surface area contributed by atoms with Gasteiger partial charge in [0.15, 0.2) is 11.5 Å². The zero-order valence-corrected chi connectivity index (χ0v) is 12.9. The fourth-order valence-electron chi connectivity index (χ4n) is 2.24. The van der Waals surface area contributed by atoms with Crippen molar-refractivity contribution in [3.05, 3.63) is 41.7 Å². The molecule has 0 atom stereocenters. The lowest BCUT2D eigenvalue weighted by molar-refractivity contribution is 0.102. The first-order chi connectivity index (χ1) is 11.2. The molecular weight excluding hydrogens is 316 g/mol. The van der Waals surface area contributed by atoms with E-state index in [0.717, 1.165) is 11.3 Å². The van der Waals surface area contributed by atoms with E-state index in [1.807, 2.05) is 31.2 Å². The Kier molecular flexibility index (Phi) is 3.23. The van der Waals surface area contributed by atoms with Gasteiger partial charge in [-0.2, -0.15) is 9.47 Å². The largest absolute Gasteiger partial charge is 0.454 e. The number of nitrogens with zero attached hydrogens (tertiary/aromatic N) is 2. The summed E-state index contributed by atoms with van der Waals surface area (Å²) in [6.07, 6.45) is 0. The fraction of sp³-hybridized carbons (Fsp3) is 0.133. The number of ether oxygens (including phenoxy) is 2. The highest BCUT2D eigenvalue weighted by atomic mass is 32.1. The van der Waals surface area contributed by atoms with Crippen LogP contribution < -0.4 is 14.8 Å². The summed E-state index contributed by atoms with van der Waals surface area (Å²) in [5, 5.41) is 10.4. The average molecular weight is 328 g/mol. The van der Waals surface area contributed by atoms with Gasteiger partial charge in [0.05, 0.1) is 11.4 Å². The van der Waals surface area contributed by atoms with Crippen molar-refractivity contribution in [2.75, 3.05) is 12.1 Å². The molecule has 0 aliphatic carbocycles. The molecule has 1 amide bonds. The van der Waals surface area contributed by atoms with E-state index in [4.69, 9.17) is 9.47 Å². The predicted molar refractivity (Wildman–Crippen MR) is 85.0 cm³/mol. The molecule has 0 fully saturated rings. The van der Waals surface area contributed by atoms with E-state index in [1.165, 1.54) is 11.5 Å². The summed E-state index contributed by atoms with van der Waals surface area (Å²) < 4.78 is 14.8. The van der Waals surface area contributed by atoms with Crippen LogP contribution in [0.3, 0.4) is 0 Å². The Labute approximate surface area is 135 Å². The van der Waals surface area contributed by atoms with E-state index in [1.54, 1.807) is 6.07 Å². The first-order valence-electron chi connectivity index (χ1n) is 6.89. The lowest BCUT2D eigenvalue weighted by Crippen LogP contribution is -2.11. The smallest absolute Gasteiger partial charge is 0.274 e. The Morgan fingerprint density at radius 1 is 1.26 bits per heavy atom. The van der Waals surface area contributed by atoms with E-state index in [2.05, 4.69) is 19.9 Å². The molecule has 2 aromatic heterocycles. The minimum atomic E-state index is -0.256. The highest BCUT2D eigenvalue weighted by molar-refractivity contribution is 7.10. The van der Waals surface area contributed by atoms with Gasteiger partial charge in [0.2, 0.25) is 6.79 Å². The van der Waals surface area contributed by atoms with Gasteiger partial charge in [-0.25, -0.2) is 0 Å². The molecule has 0 saturated carbocycles. The number of hydrogen-bond acceptors (Lipinski definition) is 6. The normalized spacial score (nSPS) is 12.4. The van der Waals surface area contributed by atoms with Gasteiger partial charge in [0.25, 0.3) is 5.91 Å². The number of hydrogen-bond donors (Lipinski definition) is 2. The van der Waals surface area contributed by atoms with Crippen LogP contribution in [0, 0.1) is 6.92 Å². The highest BCUT2D eigenvalue weighted by Crippen LogP contribution is 2.35. The summed E-state index contributed by atoms with van der Waals surface area (Å²) in [5.74, 6) is 1.13. The molecule has 23 heavy (non-hydrogen) atoms. The third-order valence-corrected chi connectivity index (χ3v) is 4.15. The maximum Gasteiger partial charge on any atom is 0.274 e. The first kappa shape index (κ1) is 13.8. The van der Waals surface area contributed by atoms with Crippen LogP contribution >= 0.6 is 11.5 Å². The second kappa shape index (κ2) is 5.40. The van der Waals surface area contributed by atoms with Crippen molar-refractivity contribution in [1.29, 1.82) is 0 Å². The predicted octanol–water partition coefficient (Wildman–Crippen LogP) is 2.82. The van der Waals surface area contributed by atoms with Gasteiger partial charge in [0.1, 0.15) is 10.7 Å². The maximum absolute atomic E-state index is 12.2. The van der Waals surface area contributed by atoms with Crippen LogP contribution in [0.5, 0.6) is 11.5 Å². The van der Waals surface area contributed by atoms with Crippen LogP contribution in [0.25, 0.3) is 11.3 Å². The van der Waals surface area contributed by atoms with Crippen molar-refractivity contribution in [3.63, 3.8) is 0 Å². The fourth-order valence-corrected chi connectivity index (χ4v) is 2.90. The van der Waals surface area contributed by atoms with Gasteiger partial charge in [-0.1, -0.05) is 0 Å². The number of nitrogens with one attached hydrogen (secondary N) is 2. The molecule has 7 nitrogen and oxygen atoms in total. The molecule has 3 heterocycles. The molecule has 1 aromatic carbocycles. The third-order valence-electron chi connectivity index (χ3n) is 3.36. The van der Waals surface area contributed by atoms with E-state index >= 15 is 0 Å². The zero-order valence-electron chi connectivity index (χ0n) is 12.1. The summed E-state index contributed by atoms with van der Waals surface area (Å²) in [6, 6.07) is 9.05. The number of H-pyrrole nitrogens is 1. The third kappa shape index (κ3) is 2.64. The molecule has 1 aliphatic heterocycles. The van der Waals surface area contributed by atoms with Gasteiger partial charge in [0, 0.05) is 5.56 Å². The second-order valence-electron chi connectivity index (χ2n) is 5.02. The van der Waals surface area contributed by atoms with Gasteiger partial charge >= 0.3 is 0 Å². The summed E-state index contributed by atoms with van der Waals surface area (Å²) in [7, 11) is 0. The van der Waals surface area contributed by atoms with Crippen LogP contribution in [0.1, 0.15) is 16.2 Å². The van der Waals surface area contributed by atoms with Crippen molar-refractivity contribution in [2.24, 2.45) is 0 Å². The Morgan fingerprint density at radius 3 is 2.96 bits per heavy atom. The van der Waals surface area contributed by atoms with Crippen LogP contribution in [-0.2, 0) is 0 Å². The number of rotatable bonds is 3. The number of fused-ring (bicyclic) bond motifs is 1. The molecule has 0 saturated heterocycles. The number of amides is 1. The molecule has 3 aromatic rings. The minimum Gasteiger partial charge on any atom is -0.454 e. The SMILES string of the molecule is Cc1cc(NC(=O)c2cc(-c3ccc4c(c3)OCO4)n[nH]2)sn1. The van der Waals surface area contributed by atoms with E-state index in [9.17, 15) is 4.79 Å². The highest BCUT2D eigenvalue weighted by Gasteiger charge is 2.16. The number of carbonyl (C=O) groups excluding carboxylic acids is 1.